The van der Waals surface area contributed by atoms with Crippen molar-refractivity contribution in [2.24, 2.45) is 0 Å². The SMILES string of the molecule is Bc1c(Cc2ccc(F)cc2)cnc(/C(OCCCC)=C(\C)C(=O)OCC)c1N(CC(C)(O)CO)OC. The number of ether oxygens (including phenoxy) is 2. The maximum atomic E-state index is 13.4. The number of hydrogen-bond acceptors (Lipinski definition) is 8. The zero-order valence-corrected chi connectivity index (χ0v) is 22.6. The molecule has 2 N–H and O–H groups in total. The van der Waals surface area contributed by atoms with Gasteiger partial charge in [0.2, 0.25) is 0 Å². The molecule has 202 valence electrons. The van der Waals surface area contributed by atoms with Gasteiger partial charge in [-0.15, -0.1) is 0 Å². The van der Waals surface area contributed by atoms with E-state index in [9.17, 15) is 19.4 Å². The van der Waals surface area contributed by atoms with E-state index in [0.717, 1.165) is 29.4 Å². The zero-order chi connectivity index (χ0) is 27.6. The lowest BCUT2D eigenvalue weighted by molar-refractivity contribution is -0.138. The van der Waals surface area contributed by atoms with Crippen LogP contribution in [0.3, 0.4) is 0 Å². The smallest absolute Gasteiger partial charge is 0.337 e. The number of anilines is 1. The summed E-state index contributed by atoms with van der Waals surface area (Å²) >= 11 is 0. The predicted molar refractivity (Wildman–Crippen MR) is 144 cm³/mol. The Hall–Kier alpha value is -2.95. The third kappa shape index (κ3) is 8.28. The lowest BCUT2D eigenvalue weighted by atomic mass is 9.85. The molecule has 2 rings (SSSR count). The van der Waals surface area contributed by atoms with Crippen molar-refractivity contribution < 1.29 is 33.7 Å². The topological polar surface area (TPSA) is 101 Å². The molecule has 0 saturated heterocycles. The number of benzene rings is 1. The average Bonchev–Trinajstić information content (AvgIpc) is 2.88. The number of unbranched alkanes of at least 4 members (excludes halogenated alkanes) is 1. The minimum atomic E-state index is -1.49. The fourth-order valence-electron chi connectivity index (χ4n) is 3.70. The summed E-state index contributed by atoms with van der Waals surface area (Å²) in [6.07, 6.45) is 3.82. The Balaban J connectivity index is 2.74. The van der Waals surface area contributed by atoms with Gasteiger partial charge in [-0.1, -0.05) is 30.9 Å². The molecular weight excluding hydrogens is 478 g/mol. The highest BCUT2D eigenvalue weighted by Gasteiger charge is 2.30. The first-order valence-corrected chi connectivity index (χ1v) is 12.5. The summed E-state index contributed by atoms with van der Waals surface area (Å²) in [6.45, 7) is 6.85. The summed E-state index contributed by atoms with van der Waals surface area (Å²) in [5.74, 6) is -0.593. The van der Waals surface area contributed by atoms with Crippen LogP contribution in [0.15, 0.2) is 36.0 Å². The Morgan fingerprint density at radius 3 is 2.46 bits per heavy atom. The molecule has 0 fully saturated rings. The molecule has 0 aliphatic carbocycles. The fourth-order valence-corrected chi connectivity index (χ4v) is 3.70. The fraction of sp³-hybridized carbons (Fsp3) is 0.481. The number of nitrogens with zero attached hydrogens (tertiary/aromatic N) is 2. The van der Waals surface area contributed by atoms with E-state index in [1.807, 2.05) is 14.8 Å². The number of aromatic nitrogens is 1. The number of esters is 1. The Morgan fingerprint density at radius 2 is 1.89 bits per heavy atom. The Morgan fingerprint density at radius 1 is 1.22 bits per heavy atom. The van der Waals surface area contributed by atoms with Gasteiger partial charge in [0.05, 0.1) is 44.7 Å². The number of carbonyl (C=O) groups excluding carboxylic acids is 1. The number of carbonyl (C=O) groups is 1. The summed E-state index contributed by atoms with van der Waals surface area (Å²) < 4.78 is 24.8. The van der Waals surface area contributed by atoms with Gasteiger partial charge < -0.3 is 19.7 Å². The molecule has 2 aromatic rings. The monoisotopic (exact) mass is 516 g/mol. The van der Waals surface area contributed by atoms with Crippen molar-refractivity contribution in [1.82, 2.24) is 4.98 Å². The molecule has 1 unspecified atom stereocenters. The highest BCUT2D eigenvalue weighted by molar-refractivity contribution is 6.37. The molecule has 1 heterocycles. The lowest BCUT2D eigenvalue weighted by Crippen LogP contribution is -2.45. The number of halogens is 1. The molecule has 0 aliphatic rings. The van der Waals surface area contributed by atoms with Crippen LogP contribution in [-0.2, 0) is 25.5 Å². The van der Waals surface area contributed by atoms with Crippen LogP contribution in [0.5, 0.6) is 0 Å². The van der Waals surface area contributed by atoms with Gasteiger partial charge in [-0.05, 0) is 56.9 Å². The van der Waals surface area contributed by atoms with Crippen molar-refractivity contribution in [3.05, 3.63) is 58.7 Å². The standard InChI is InChI=1S/C27H38BFN2O6/c1-6-8-13-37-25(18(3)26(33)36-7-2)23-24(31(35-5)16-27(4,34)17-32)22(28)20(15-30-23)14-19-9-11-21(29)12-10-19/h9-12,15,32,34H,6-8,13-14,16-17,28H2,1-5H3/b25-18-. The van der Waals surface area contributed by atoms with Crippen LogP contribution in [0.2, 0.25) is 0 Å². The second-order valence-corrected chi connectivity index (χ2v) is 9.16. The van der Waals surface area contributed by atoms with Crippen molar-refractivity contribution in [1.29, 1.82) is 0 Å². The van der Waals surface area contributed by atoms with Gasteiger partial charge in [0.1, 0.15) is 25.0 Å². The Labute approximate surface area is 219 Å². The van der Waals surface area contributed by atoms with Crippen LogP contribution in [-0.4, -0.2) is 68.1 Å². The van der Waals surface area contributed by atoms with Crippen molar-refractivity contribution >= 4 is 30.7 Å². The molecule has 0 spiro atoms. The van der Waals surface area contributed by atoms with Crippen LogP contribution in [0.25, 0.3) is 5.76 Å². The van der Waals surface area contributed by atoms with Gasteiger partial charge in [0, 0.05) is 6.20 Å². The van der Waals surface area contributed by atoms with E-state index in [0.29, 0.717) is 24.4 Å². The molecule has 37 heavy (non-hydrogen) atoms. The van der Waals surface area contributed by atoms with Crippen molar-refractivity contribution in [2.45, 2.75) is 52.6 Å². The molecule has 8 nitrogen and oxygen atoms in total. The number of aliphatic hydroxyl groups is 2. The molecule has 0 aliphatic heterocycles. The van der Waals surface area contributed by atoms with E-state index < -0.39 is 18.2 Å². The molecule has 1 atom stereocenters. The van der Waals surface area contributed by atoms with E-state index in [1.165, 1.54) is 31.2 Å². The highest BCUT2D eigenvalue weighted by atomic mass is 19.1. The summed E-state index contributed by atoms with van der Waals surface area (Å²) in [7, 11) is 3.32. The number of pyridine rings is 1. The van der Waals surface area contributed by atoms with Gasteiger partial charge >= 0.3 is 5.97 Å². The van der Waals surface area contributed by atoms with Gasteiger partial charge in [0.15, 0.2) is 5.76 Å². The Bertz CT molecular complexity index is 1080. The zero-order valence-electron chi connectivity index (χ0n) is 22.6. The number of rotatable bonds is 14. The van der Waals surface area contributed by atoms with E-state index in [4.69, 9.17) is 19.3 Å². The van der Waals surface area contributed by atoms with Gasteiger partial charge in [0.25, 0.3) is 0 Å². The largest absolute Gasteiger partial charge is 0.491 e. The molecule has 10 heteroatoms. The Kier molecular flexibility index (Phi) is 11.6. The first kappa shape index (κ1) is 30.3. The van der Waals surface area contributed by atoms with E-state index in [2.05, 4.69) is 0 Å². The maximum absolute atomic E-state index is 13.4. The molecule has 1 aromatic carbocycles. The minimum Gasteiger partial charge on any atom is -0.491 e. The molecule has 1 aromatic heterocycles. The van der Waals surface area contributed by atoms with Crippen LogP contribution in [0.4, 0.5) is 10.1 Å². The van der Waals surface area contributed by atoms with Crippen LogP contribution in [0, 0.1) is 5.82 Å². The number of aliphatic hydroxyl groups excluding tert-OH is 1. The summed E-state index contributed by atoms with van der Waals surface area (Å²) in [5, 5.41) is 21.8. The lowest BCUT2D eigenvalue weighted by Gasteiger charge is -2.33. The molecule has 0 radical (unpaired) electrons. The maximum Gasteiger partial charge on any atom is 0.337 e. The van der Waals surface area contributed by atoms with E-state index in [-0.39, 0.29) is 30.3 Å². The van der Waals surface area contributed by atoms with Crippen LogP contribution in [0.1, 0.15) is 57.4 Å². The summed E-state index contributed by atoms with van der Waals surface area (Å²) in [4.78, 5) is 23.0. The second-order valence-electron chi connectivity index (χ2n) is 9.16. The van der Waals surface area contributed by atoms with Crippen molar-refractivity contribution in [3.63, 3.8) is 0 Å². The third-order valence-electron chi connectivity index (χ3n) is 5.89. The third-order valence-corrected chi connectivity index (χ3v) is 5.89. The predicted octanol–water partition coefficient (Wildman–Crippen LogP) is 2.29. The van der Waals surface area contributed by atoms with E-state index >= 15 is 0 Å². The molecule has 0 saturated carbocycles. The average molecular weight is 516 g/mol. The first-order valence-electron chi connectivity index (χ1n) is 12.5. The number of hydrogen-bond donors (Lipinski definition) is 2. The molecule has 0 bridgehead atoms. The van der Waals surface area contributed by atoms with Crippen molar-refractivity contribution in [2.75, 3.05) is 38.5 Å². The van der Waals surface area contributed by atoms with Gasteiger partial charge in [-0.2, -0.15) is 0 Å². The van der Waals surface area contributed by atoms with Gasteiger partial charge in [-0.25, -0.2) is 14.2 Å². The van der Waals surface area contributed by atoms with Crippen LogP contribution >= 0.6 is 0 Å². The highest BCUT2D eigenvalue weighted by Crippen LogP contribution is 2.30. The van der Waals surface area contributed by atoms with E-state index in [1.54, 1.807) is 32.2 Å². The molecular formula is C27H38BFN2O6. The normalized spacial score (nSPS) is 13.5. The molecule has 0 amide bonds. The van der Waals surface area contributed by atoms with Crippen LogP contribution < -0.4 is 10.5 Å². The summed E-state index contributed by atoms with van der Waals surface area (Å²) in [6, 6.07) is 6.21. The van der Waals surface area contributed by atoms with Crippen molar-refractivity contribution in [3.8, 4) is 0 Å². The second kappa shape index (κ2) is 14.1. The first-order chi connectivity index (χ1) is 17.6. The summed E-state index contributed by atoms with van der Waals surface area (Å²) in [5.41, 5.74) is 2.06. The minimum absolute atomic E-state index is 0.0871. The quantitative estimate of drug-likeness (QED) is 0.0986. The van der Waals surface area contributed by atoms with Gasteiger partial charge in [-0.3, -0.25) is 9.82 Å². The number of hydroxylamine groups is 1.